The van der Waals surface area contributed by atoms with Gasteiger partial charge in [-0.1, -0.05) is 26.3 Å². The van der Waals surface area contributed by atoms with Gasteiger partial charge in [-0.2, -0.15) is 0 Å². The second kappa shape index (κ2) is 7.41. The van der Waals surface area contributed by atoms with E-state index in [4.69, 9.17) is 5.73 Å². The molecule has 0 aliphatic carbocycles. The van der Waals surface area contributed by atoms with Crippen molar-refractivity contribution in [3.63, 3.8) is 0 Å². The third-order valence-electron chi connectivity index (χ3n) is 3.35. The molecule has 3 heteroatoms. The van der Waals surface area contributed by atoms with E-state index in [0.29, 0.717) is 18.5 Å². The Morgan fingerprint density at radius 2 is 2.18 bits per heavy atom. The summed E-state index contributed by atoms with van der Waals surface area (Å²) in [6, 6.07) is 6.48. The first-order chi connectivity index (χ1) is 8.19. The van der Waals surface area contributed by atoms with Gasteiger partial charge in [-0.3, -0.25) is 9.88 Å². The Kier molecular flexibility index (Phi) is 6.16. The smallest absolute Gasteiger partial charge is 0.0543 e. The van der Waals surface area contributed by atoms with Crippen LogP contribution in [0.15, 0.2) is 24.4 Å². The highest BCUT2D eigenvalue weighted by Gasteiger charge is 2.19. The standard InChI is InChI=1S/C14H25N3/c1-4-7-12(2)14(10-15)17(3)11-13-8-5-6-9-16-13/h5-6,8-9,12,14H,4,7,10-11,15H2,1-3H3. The fourth-order valence-electron chi connectivity index (χ4n) is 2.36. The minimum absolute atomic E-state index is 0.442. The molecule has 0 aliphatic rings. The molecule has 0 radical (unpaired) electrons. The Labute approximate surface area is 105 Å². The van der Waals surface area contributed by atoms with E-state index in [1.54, 1.807) is 0 Å². The zero-order valence-electron chi connectivity index (χ0n) is 11.3. The number of hydrogen-bond acceptors (Lipinski definition) is 3. The molecule has 0 spiro atoms. The molecule has 0 aliphatic heterocycles. The zero-order chi connectivity index (χ0) is 12.7. The van der Waals surface area contributed by atoms with Gasteiger partial charge in [0.05, 0.1) is 5.69 Å². The number of pyridine rings is 1. The molecular formula is C14H25N3. The van der Waals surface area contributed by atoms with E-state index < -0.39 is 0 Å². The van der Waals surface area contributed by atoms with E-state index in [9.17, 15) is 0 Å². The van der Waals surface area contributed by atoms with E-state index in [-0.39, 0.29) is 0 Å². The average Bonchev–Trinajstić information content (AvgIpc) is 2.31. The lowest BCUT2D eigenvalue weighted by atomic mass is 9.95. The van der Waals surface area contributed by atoms with Gasteiger partial charge in [-0.25, -0.2) is 0 Å². The van der Waals surface area contributed by atoms with Crippen molar-refractivity contribution in [3.8, 4) is 0 Å². The Morgan fingerprint density at radius 1 is 1.41 bits per heavy atom. The van der Waals surface area contributed by atoms with Crippen molar-refractivity contribution in [2.75, 3.05) is 13.6 Å². The van der Waals surface area contributed by atoms with Crippen LogP contribution in [0.1, 0.15) is 32.4 Å². The van der Waals surface area contributed by atoms with Crippen molar-refractivity contribution in [3.05, 3.63) is 30.1 Å². The van der Waals surface area contributed by atoms with Gasteiger partial charge in [0.1, 0.15) is 0 Å². The number of likely N-dealkylation sites (N-methyl/N-ethyl adjacent to an activating group) is 1. The van der Waals surface area contributed by atoms with Gasteiger partial charge in [-0.05, 0) is 31.5 Å². The summed E-state index contributed by atoms with van der Waals surface area (Å²) in [6.45, 7) is 6.10. The van der Waals surface area contributed by atoms with Gasteiger partial charge in [0.25, 0.3) is 0 Å². The number of nitrogens with zero attached hydrogens (tertiary/aromatic N) is 2. The van der Waals surface area contributed by atoms with E-state index in [2.05, 4.69) is 36.8 Å². The van der Waals surface area contributed by atoms with Gasteiger partial charge >= 0.3 is 0 Å². The van der Waals surface area contributed by atoms with E-state index in [0.717, 1.165) is 12.2 Å². The first-order valence-corrected chi connectivity index (χ1v) is 6.49. The van der Waals surface area contributed by atoms with Crippen LogP contribution >= 0.6 is 0 Å². The molecular weight excluding hydrogens is 210 g/mol. The molecule has 96 valence electrons. The molecule has 0 bridgehead atoms. The number of rotatable bonds is 7. The average molecular weight is 235 g/mol. The van der Waals surface area contributed by atoms with Crippen molar-refractivity contribution in [1.82, 2.24) is 9.88 Å². The third-order valence-corrected chi connectivity index (χ3v) is 3.35. The van der Waals surface area contributed by atoms with Crippen LogP contribution in [-0.4, -0.2) is 29.5 Å². The van der Waals surface area contributed by atoms with Crippen LogP contribution in [0, 0.1) is 5.92 Å². The largest absolute Gasteiger partial charge is 0.329 e. The van der Waals surface area contributed by atoms with Gasteiger partial charge in [0.2, 0.25) is 0 Å². The van der Waals surface area contributed by atoms with Crippen LogP contribution < -0.4 is 5.73 Å². The molecule has 1 heterocycles. The Morgan fingerprint density at radius 3 is 2.71 bits per heavy atom. The maximum Gasteiger partial charge on any atom is 0.0543 e. The molecule has 1 aromatic heterocycles. The molecule has 1 rings (SSSR count). The van der Waals surface area contributed by atoms with Crippen molar-refractivity contribution in [2.45, 2.75) is 39.3 Å². The molecule has 0 saturated carbocycles. The van der Waals surface area contributed by atoms with Crippen LogP contribution in [-0.2, 0) is 6.54 Å². The topological polar surface area (TPSA) is 42.1 Å². The molecule has 0 saturated heterocycles. The Hall–Kier alpha value is -0.930. The number of nitrogens with two attached hydrogens (primary N) is 1. The molecule has 1 aromatic rings. The number of hydrogen-bond donors (Lipinski definition) is 1. The Bertz CT molecular complexity index is 300. The highest BCUT2D eigenvalue weighted by molar-refractivity contribution is 5.03. The lowest BCUT2D eigenvalue weighted by Crippen LogP contribution is -2.42. The SMILES string of the molecule is CCCC(C)C(CN)N(C)Cc1ccccn1. The van der Waals surface area contributed by atoms with Crippen LogP contribution in [0.25, 0.3) is 0 Å². The summed E-state index contributed by atoms with van der Waals surface area (Å²) < 4.78 is 0. The molecule has 2 unspecified atom stereocenters. The molecule has 0 aromatic carbocycles. The summed E-state index contributed by atoms with van der Waals surface area (Å²) in [5, 5.41) is 0. The normalized spacial score (nSPS) is 14.9. The van der Waals surface area contributed by atoms with Crippen LogP contribution in [0.2, 0.25) is 0 Å². The number of aromatic nitrogens is 1. The monoisotopic (exact) mass is 235 g/mol. The molecule has 3 nitrogen and oxygen atoms in total. The van der Waals surface area contributed by atoms with E-state index >= 15 is 0 Å². The van der Waals surface area contributed by atoms with Gasteiger partial charge < -0.3 is 5.73 Å². The first kappa shape index (κ1) is 14.1. The lowest BCUT2D eigenvalue weighted by molar-refractivity contribution is 0.173. The lowest BCUT2D eigenvalue weighted by Gasteiger charge is -2.31. The summed E-state index contributed by atoms with van der Waals surface area (Å²) in [6.07, 6.45) is 4.29. The van der Waals surface area contributed by atoms with Crippen LogP contribution in [0.5, 0.6) is 0 Å². The second-order valence-electron chi connectivity index (χ2n) is 4.81. The molecule has 0 amide bonds. The first-order valence-electron chi connectivity index (χ1n) is 6.49. The Balaban J connectivity index is 2.57. The van der Waals surface area contributed by atoms with Gasteiger partial charge in [0, 0.05) is 25.3 Å². The fourth-order valence-corrected chi connectivity index (χ4v) is 2.36. The summed E-state index contributed by atoms with van der Waals surface area (Å²) >= 11 is 0. The van der Waals surface area contributed by atoms with Crippen molar-refractivity contribution in [2.24, 2.45) is 11.7 Å². The maximum atomic E-state index is 5.90. The minimum atomic E-state index is 0.442. The van der Waals surface area contributed by atoms with Gasteiger partial charge in [-0.15, -0.1) is 0 Å². The van der Waals surface area contributed by atoms with Crippen LogP contribution in [0.4, 0.5) is 0 Å². The van der Waals surface area contributed by atoms with Crippen LogP contribution in [0.3, 0.4) is 0 Å². The summed E-state index contributed by atoms with van der Waals surface area (Å²) in [7, 11) is 2.14. The fraction of sp³-hybridized carbons (Fsp3) is 0.643. The van der Waals surface area contributed by atoms with E-state index in [1.165, 1.54) is 12.8 Å². The molecule has 17 heavy (non-hydrogen) atoms. The maximum absolute atomic E-state index is 5.90. The predicted molar refractivity (Wildman–Crippen MR) is 72.6 cm³/mol. The molecule has 2 atom stereocenters. The third kappa shape index (κ3) is 4.44. The second-order valence-corrected chi connectivity index (χ2v) is 4.81. The quantitative estimate of drug-likeness (QED) is 0.788. The van der Waals surface area contributed by atoms with E-state index in [1.807, 2.05) is 18.3 Å². The molecule has 2 N–H and O–H groups in total. The summed E-state index contributed by atoms with van der Waals surface area (Å²) in [5.41, 5.74) is 7.00. The summed E-state index contributed by atoms with van der Waals surface area (Å²) in [5.74, 6) is 0.638. The highest BCUT2D eigenvalue weighted by Crippen LogP contribution is 2.16. The van der Waals surface area contributed by atoms with Crippen molar-refractivity contribution >= 4 is 0 Å². The zero-order valence-corrected chi connectivity index (χ0v) is 11.3. The van der Waals surface area contributed by atoms with Crippen molar-refractivity contribution < 1.29 is 0 Å². The van der Waals surface area contributed by atoms with Crippen molar-refractivity contribution in [1.29, 1.82) is 0 Å². The minimum Gasteiger partial charge on any atom is -0.329 e. The van der Waals surface area contributed by atoms with Gasteiger partial charge in [0.15, 0.2) is 0 Å². The highest BCUT2D eigenvalue weighted by atomic mass is 15.1. The molecule has 0 fully saturated rings. The predicted octanol–water partition coefficient (Wildman–Crippen LogP) is 2.28. The summed E-state index contributed by atoms with van der Waals surface area (Å²) in [4.78, 5) is 6.68.